The number of hydrogen-bond donors (Lipinski definition) is 0. The Hall–Kier alpha value is -2.17. The maximum Gasteiger partial charge on any atom is 0.191 e. The van der Waals surface area contributed by atoms with Crippen molar-refractivity contribution < 1.29 is 17.9 Å². The second-order valence-corrected chi connectivity index (χ2v) is 5.66. The highest BCUT2D eigenvalue weighted by Crippen LogP contribution is 2.28. The first-order chi connectivity index (χ1) is 11.1. The molecule has 0 unspecified atom stereocenters. The van der Waals surface area contributed by atoms with Crippen molar-refractivity contribution in [2.45, 2.75) is 25.9 Å². The summed E-state index contributed by atoms with van der Waals surface area (Å²) < 4.78 is 45.5. The lowest BCUT2D eigenvalue weighted by molar-refractivity contribution is 0.272. The molecule has 1 aliphatic rings. The fraction of sp³-hybridized carbons (Fsp3) is 0.333. The van der Waals surface area contributed by atoms with E-state index in [9.17, 15) is 13.2 Å². The van der Waals surface area contributed by atoms with Crippen molar-refractivity contribution in [1.29, 1.82) is 0 Å². The molecule has 2 nitrogen and oxygen atoms in total. The molecule has 1 heterocycles. The summed E-state index contributed by atoms with van der Waals surface area (Å²) >= 11 is 0. The van der Waals surface area contributed by atoms with E-state index < -0.39 is 23.2 Å². The SMILES string of the molecule is Fc1cc(F)c(OCc2ccccc2N2CCCCC2)c(F)c1. The van der Waals surface area contributed by atoms with E-state index >= 15 is 0 Å². The van der Waals surface area contributed by atoms with Crippen LogP contribution in [-0.2, 0) is 6.61 Å². The maximum absolute atomic E-state index is 13.7. The molecule has 0 atom stereocenters. The van der Waals surface area contributed by atoms with E-state index in [4.69, 9.17) is 4.74 Å². The lowest BCUT2D eigenvalue weighted by Gasteiger charge is -2.30. The summed E-state index contributed by atoms with van der Waals surface area (Å²) in [6.45, 7) is 1.97. The molecule has 1 fully saturated rings. The minimum atomic E-state index is -1.03. The number of ether oxygens (including phenoxy) is 1. The van der Waals surface area contributed by atoms with Gasteiger partial charge in [-0.2, -0.15) is 0 Å². The van der Waals surface area contributed by atoms with Gasteiger partial charge in [0, 0.05) is 36.5 Å². The van der Waals surface area contributed by atoms with Crippen LogP contribution in [-0.4, -0.2) is 13.1 Å². The van der Waals surface area contributed by atoms with Crippen LogP contribution >= 0.6 is 0 Å². The molecular weight excluding hydrogens is 303 g/mol. The van der Waals surface area contributed by atoms with Crippen LogP contribution in [0.25, 0.3) is 0 Å². The molecule has 0 spiro atoms. The predicted octanol–water partition coefficient (Wildman–Crippen LogP) is 4.67. The summed E-state index contributed by atoms with van der Waals surface area (Å²) in [7, 11) is 0. The number of hydrogen-bond acceptors (Lipinski definition) is 2. The summed E-state index contributed by atoms with van der Waals surface area (Å²) in [6.07, 6.45) is 3.49. The monoisotopic (exact) mass is 321 g/mol. The van der Waals surface area contributed by atoms with Gasteiger partial charge in [0.05, 0.1) is 0 Å². The average molecular weight is 321 g/mol. The molecule has 23 heavy (non-hydrogen) atoms. The van der Waals surface area contributed by atoms with Crippen LogP contribution in [0.4, 0.5) is 18.9 Å². The van der Waals surface area contributed by atoms with Crippen molar-refractivity contribution in [3.8, 4) is 5.75 Å². The first-order valence-corrected chi connectivity index (χ1v) is 7.75. The Kier molecular flexibility index (Phi) is 4.74. The van der Waals surface area contributed by atoms with Gasteiger partial charge in [0.25, 0.3) is 0 Å². The quantitative estimate of drug-likeness (QED) is 0.811. The lowest BCUT2D eigenvalue weighted by Crippen LogP contribution is -2.30. The second-order valence-electron chi connectivity index (χ2n) is 5.66. The fourth-order valence-corrected chi connectivity index (χ4v) is 2.89. The lowest BCUT2D eigenvalue weighted by atomic mass is 10.1. The smallest absolute Gasteiger partial charge is 0.191 e. The molecule has 122 valence electrons. The van der Waals surface area contributed by atoms with E-state index in [1.807, 2.05) is 24.3 Å². The average Bonchev–Trinajstić information content (AvgIpc) is 2.55. The predicted molar refractivity (Wildman–Crippen MR) is 83.2 cm³/mol. The van der Waals surface area contributed by atoms with E-state index in [0.29, 0.717) is 12.1 Å². The largest absolute Gasteiger partial charge is 0.483 e. The van der Waals surface area contributed by atoms with E-state index in [1.54, 1.807) is 0 Å². The molecule has 0 amide bonds. The molecule has 3 rings (SSSR count). The third kappa shape index (κ3) is 3.60. The molecule has 0 bridgehead atoms. The van der Waals surface area contributed by atoms with Crippen LogP contribution in [0.15, 0.2) is 36.4 Å². The molecule has 1 saturated heterocycles. The van der Waals surface area contributed by atoms with Gasteiger partial charge in [-0.15, -0.1) is 0 Å². The topological polar surface area (TPSA) is 12.5 Å². The van der Waals surface area contributed by atoms with Gasteiger partial charge < -0.3 is 9.64 Å². The van der Waals surface area contributed by atoms with Crippen LogP contribution in [0.3, 0.4) is 0 Å². The molecule has 0 aliphatic carbocycles. The fourth-order valence-electron chi connectivity index (χ4n) is 2.89. The Balaban J connectivity index is 1.79. The van der Waals surface area contributed by atoms with Crippen LogP contribution in [0.2, 0.25) is 0 Å². The molecule has 2 aromatic carbocycles. The number of halogens is 3. The number of anilines is 1. The number of nitrogens with zero attached hydrogens (tertiary/aromatic N) is 1. The van der Waals surface area contributed by atoms with Gasteiger partial charge in [0.2, 0.25) is 0 Å². The molecule has 2 aromatic rings. The zero-order valence-electron chi connectivity index (χ0n) is 12.7. The molecular formula is C18H18F3NO. The zero-order valence-corrected chi connectivity index (χ0v) is 12.7. The van der Waals surface area contributed by atoms with Gasteiger partial charge in [0.15, 0.2) is 17.4 Å². The Morgan fingerprint density at radius 2 is 1.57 bits per heavy atom. The van der Waals surface area contributed by atoms with E-state index in [-0.39, 0.29) is 6.61 Å². The first-order valence-electron chi connectivity index (χ1n) is 7.75. The molecule has 5 heteroatoms. The standard InChI is InChI=1S/C18H18F3NO/c19-14-10-15(20)18(16(21)11-14)23-12-13-6-2-3-7-17(13)22-8-4-1-5-9-22/h2-3,6-7,10-11H,1,4-5,8-9,12H2. The van der Waals surface area contributed by atoms with Gasteiger partial charge in [-0.25, -0.2) is 13.2 Å². The van der Waals surface area contributed by atoms with Crippen molar-refractivity contribution in [3.63, 3.8) is 0 Å². The van der Waals surface area contributed by atoms with Crippen LogP contribution in [0, 0.1) is 17.5 Å². The van der Waals surface area contributed by atoms with Gasteiger partial charge >= 0.3 is 0 Å². The number of para-hydroxylation sites is 1. The van der Waals surface area contributed by atoms with Crippen molar-refractivity contribution in [3.05, 3.63) is 59.4 Å². The minimum Gasteiger partial charge on any atom is -0.483 e. The van der Waals surface area contributed by atoms with E-state index in [1.165, 1.54) is 6.42 Å². The second kappa shape index (κ2) is 6.94. The number of benzene rings is 2. The summed E-state index contributed by atoms with van der Waals surface area (Å²) in [5, 5.41) is 0. The normalized spacial score (nSPS) is 14.8. The van der Waals surface area contributed by atoms with Gasteiger partial charge in [-0.05, 0) is 25.3 Å². The van der Waals surface area contributed by atoms with Crippen LogP contribution < -0.4 is 9.64 Å². The highest BCUT2D eigenvalue weighted by molar-refractivity contribution is 5.53. The van der Waals surface area contributed by atoms with Crippen molar-refractivity contribution in [2.24, 2.45) is 0 Å². The molecule has 0 saturated carbocycles. The summed E-state index contributed by atoms with van der Waals surface area (Å²) in [5.41, 5.74) is 1.88. The molecule has 1 aliphatic heterocycles. The minimum absolute atomic E-state index is 0.0339. The molecule has 0 aromatic heterocycles. The first kappa shape index (κ1) is 15.7. The maximum atomic E-state index is 13.7. The Labute approximate surface area is 133 Å². The third-order valence-corrected chi connectivity index (χ3v) is 4.02. The van der Waals surface area contributed by atoms with Gasteiger partial charge in [-0.1, -0.05) is 18.2 Å². The van der Waals surface area contributed by atoms with E-state index in [2.05, 4.69) is 4.90 Å². The number of piperidine rings is 1. The molecule has 0 N–H and O–H groups in total. The van der Waals surface area contributed by atoms with E-state index in [0.717, 1.165) is 37.2 Å². The molecule has 0 radical (unpaired) electrons. The van der Waals surface area contributed by atoms with Crippen molar-refractivity contribution in [2.75, 3.05) is 18.0 Å². The van der Waals surface area contributed by atoms with Crippen LogP contribution in [0.1, 0.15) is 24.8 Å². The summed E-state index contributed by atoms with van der Waals surface area (Å²) in [4.78, 5) is 2.26. The Morgan fingerprint density at radius 3 is 2.26 bits per heavy atom. The number of rotatable bonds is 4. The van der Waals surface area contributed by atoms with Crippen molar-refractivity contribution in [1.82, 2.24) is 0 Å². The zero-order chi connectivity index (χ0) is 16.2. The Morgan fingerprint density at radius 1 is 0.913 bits per heavy atom. The Bertz CT molecular complexity index is 661. The highest BCUT2D eigenvalue weighted by Gasteiger charge is 2.17. The summed E-state index contributed by atoms with van der Waals surface area (Å²) in [6, 6.07) is 8.91. The van der Waals surface area contributed by atoms with Crippen molar-refractivity contribution >= 4 is 5.69 Å². The van der Waals surface area contributed by atoms with Gasteiger partial charge in [-0.3, -0.25) is 0 Å². The highest BCUT2D eigenvalue weighted by atomic mass is 19.1. The van der Waals surface area contributed by atoms with Crippen LogP contribution in [0.5, 0.6) is 5.75 Å². The third-order valence-electron chi connectivity index (χ3n) is 4.02. The van der Waals surface area contributed by atoms with Gasteiger partial charge in [0.1, 0.15) is 12.4 Å². The summed E-state index contributed by atoms with van der Waals surface area (Å²) in [5.74, 6) is -3.56.